The number of hydrazone groups is 1. The molecule has 112 valence electrons. The van der Waals surface area contributed by atoms with Crippen LogP contribution in [0.25, 0.3) is 6.08 Å². The van der Waals surface area contributed by atoms with Crippen molar-refractivity contribution in [1.82, 2.24) is 5.43 Å². The van der Waals surface area contributed by atoms with E-state index in [2.05, 4.69) is 10.5 Å². The van der Waals surface area contributed by atoms with Gasteiger partial charge in [0.25, 0.3) is 0 Å². The van der Waals surface area contributed by atoms with Crippen LogP contribution < -0.4 is 11.2 Å². The lowest BCUT2D eigenvalue weighted by molar-refractivity contribution is 0.0715. The summed E-state index contributed by atoms with van der Waals surface area (Å²) < 4.78 is 0. The Labute approximate surface area is 130 Å². The van der Waals surface area contributed by atoms with Gasteiger partial charge in [-0.25, -0.2) is 0 Å². The van der Waals surface area contributed by atoms with Gasteiger partial charge in [0, 0.05) is 0 Å². The zero-order chi connectivity index (χ0) is 15.1. The number of thiocarbonyl (C=S) groups is 1. The first-order chi connectivity index (χ1) is 10.1. The second-order valence-corrected chi connectivity index (χ2v) is 5.75. The third-order valence-electron chi connectivity index (χ3n) is 3.68. The summed E-state index contributed by atoms with van der Waals surface area (Å²) in [6, 6.07) is 9.91. The van der Waals surface area contributed by atoms with Gasteiger partial charge in [0.2, 0.25) is 0 Å². The molecule has 21 heavy (non-hydrogen) atoms. The topological polar surface area (TPSA) is 70.6 Å². The Hall–Kier alpha value is -1.72. The van der Waals surface area contributed by atoms with E-state index in [-0.39, 0.29) is 5.11 Å². The molecule has 0 unspecified atom stereocenters. The highest BCUT2D eigenvalue weighted by atomic mass is 32.1. The van der Waals surface area contributed by atoms with E-state index in [0.717, 1.165) is 24.8 Å². The molecule has 4 N–H and O–H groups in total. The highest BCUT2D eigenvalue weighted by Crippen LogP contribution is 2.30. The minimum Gasteiger partial charge on any atom is -0.383 e. The van der Waals surface area contributed by atoms with Gasteiger partial charge in [0.1, 0.15) is 5.60 Å². The van der Waals surface area contributed by atoms with E-state index in [1.54, 1.807) is 0 Å². The molecule has 1 aliphatic rings. The quantitative estimate of drug-likeness (QED) is 0.454. The van der Waals surface area contributed by atoms with E-state index in [1.165, 1.54) is 0 Å². The fourth-order valence-electron chi connectivity index (χ4n) is 2.54. The number of hydrogen-bond donors (Lipinski definition) is 3. The standard InChI is InChI=1S/C16H21N3OS/c17-15(21)19-18-14(16(20)11-5-2-6-12-16)10-9-13-7-3-1-4-8-13/h1,3-4,7-10,20H,2,5-6,11-12H2,(H3,17,19,21)/b10-9+,18-14+. The smallest absolute Gasteiger partial charge is 0.184 e. The Morgan fingerprint density at radius 1 is 1.24 bits per heavy atom. The van der Waals surface area contributed by atoms with Gasteiger partial charge in [-0.1, -0.05) is 55.7 Å². The summed E-state index contributed by atoms with van der Waals surface area (Å²) in [5.74, 6) is 0. The average molecular weight is 303 g/mol. The Morgan fingerprint density at radius 2 is 1.90 bits per heavy atom. The molecule has 5 heteroatoms. The highest BCUT2D eigenvalue weighted by molar-refractivity contribution is 7.80. The van der Waals surface area contributed by atoms with E-state index in [4.69, 9.17) is 18.0 Å². The Balaban J connectivity index is 2.21. The van der Waals surface area contributed by atoms with E-state index in [1.807, 2.05) is 42.5 Å². The van der Waals surface area contributed by atoms with Crippen LogP contribution in [0.3, 0.4) is 0 Å². The lowest BCUT2D eigenvalue weighted by Crippen LogP contribution is -2.41. The number of benzene rings is 1. The molecule has 4 nitrogen and oxygen atoms in total. The molecule has 2 rings (SSSR count). The van der Waals surface area contributed by atoms with Crippen molar-refractivity contribution in [2.75, 3.05) is 0 Å². The molecule has 0 amide bonds. The lowest BCUT2D eigenvalue weighted by atomic mass is 9.81. The fourth-order valence-corrected chi connectivity index (χ4v) is 2.59. The van der Waals surface area contributed by atoms with Gasteiger partial charge in [0.15, 0.2) is 5.11 Å². The molecular formula is C16H21N3OS. The predicted octanol–water partition coefficient (Wildman–Crippen LogP) is 2.58. The summed E-state index contributed by atoms with van der Waals surface area (Å²) in [5, 5.41) is 15.1. The maximum Gasteiger partial charge on any atom is 0.184 e. The Kier molecular flexibility index (Phi) is 5.47. The van der Waals surface area contributed by atoms with Crippen molar-refractivity contribution in [3.8, 4) is 0 Å². The third kappa shape index (κ3) is 4.65. The Morgan fingerprint density at radius 3 is 2.52 bits per heavy atom. The van der Waals surface area contributed by atoms with Crippen LogP contribution in [0.2, 0.25) is 0 Å². The molecule has 1 aromatic rings. The van der Waals surface area contributed by atoms with E-state index in [0.29, 0.717) is 18.6 Å². The van der Waals surface area contributed by atoms with Crippen molar-refractivity contribution in [3.05, 3.63) is 42.0 Å². The zero-order valence-electron chi connectivity index (χ0n) is 12.0. The number of nitrogens with two attached hydrogens (primary N) is 1. The summed E-state index contributed by atoms with van der Waals surface area (Å²) in [6.45, 7) is 0. The van der Waals surface area contributed by atoms with Crippen molar-refractivity contribution in [2.24, 2.45) is 10.8 Å². The lowest BCUT2D eigenvalue weighted by Gasteiger charge is -2.32. The van der Waals surface area contributed by atoms with E-state index < -0.39 is 5.60 Å². The van der Waals surface area contributed by atoms with Gasteiger partial charge < -0.3 is 10.8 Å². The van der Waals surface area contributed by atoms with Gasteiger partial charge in [0.05, 0.1) is 5.71 Å². The molecule has 1 aliphatic carbocycles. The van der Waals surface area contributed by atoms with Crippen LogP contribution in [-0.2, 0) is 0 Å². The van der Waals surface area contributed by atoms with Gasteiger partial charge in [-0.2, -0.15) is 5.10 Å². The SMILES string of the molecule is NC(=S)N/N=C(\C=C\c1ccccc1)C1(O)CCCCC1. The zero-order valence-corrected chi connectivity index (χ0v) is 12.8. The third-order valence-corrected chi connectivity index (χ3v) is 3.77. The second kappa shape index (κ2) is 7.33. The molecule has 0 radical (unpaired) electrons. The molecule has 1 fully saturated rings. The maximum absolute atomic E-state index is 10.8. The van der Waals surface area contributed by atoms with Crippen LogP contribution in [0.15, 0.2) is 41.5 Å². The van der Waals surface area contributed by atoms with Crippen LogP contribution in [0.1, 0.15) is 37.7 Å². The minimum absolute atomic E-state index is 0.0972. The fraction of sp³-hybridized carbons (Fsp3) is 0.375. The molecule has 1 aromatic carbocycles. The van der Waals surface area contributed by atoms with Gasteiger partial charge >= 0.3 is 0 Å². The normalized spacial score (nSPS) is 18.6. The molecule has 1 saturated carbocycles. The summed E-state index contributed by atoms with van der Waals surface area (Å²) in [6.07, 6.45) is 8.36. The largest absolute Gasteiger partial charge is 0.383 e. The summed E-state index contributed by atoms with van der Waals surface area (Å²) in [7, 11) is 0. The maximum atomic E-state index is 10.8. The van der Waals surface area contributed by atoms with E-state index in [9.17, 15) is 5.11 Å². The summed E-state index contributed by atoms with van der Waals surface area (Å²) >= 11 is 4.78. The van der Waals surface area contributed by atoms with Crippen molar-refractivity contribution in [2.45, 2.75) is 37.7 Å². The number of nitrogens with one attached hydrogen (secondary N) is 1. The van der Waals surface area contributed by atoms with Crippen molar-refractivity contribution in [3.63, 3.8) is 0 Å². The van der Waals surface area contributed by atoms with Crippen molar-refractivity contribution >= 4 is 29.1 Å². The van der Waals surface area contributed by atoms with Gasteiger partial charge in [-0.05, 0) is 36.7 Å². The summed E-state index contributed by atoms with van der Waals surface area (Å²) in [5.41, 5.74) is 8.75. The molecule has 0 saturated heterocycles. The van der Waals surface area contributed by atoms with Crippen molar-refractivity contribution in [1.29, 1.82) is 0 Å². The number of hydrogen-bond acceptors (Lipinski definition) is 3. The molecule has 0 aliphatic heterocycles. The molecule has 0 atom stereocenters. The monoisotopic (exact) mass is 303 g/mol. The minimum atomic E-state index is -0.901. The molecule has 0 heterocycles. The second-order valence-electron chi connectivity index (χ2n) is 5.31. The average Bonchev–Trinajstić information content (AvgIpc) is 2.48. The van der Waals surface area contributed by atoms with Crippen LogP contribution in [-0.4, -0.2) is 21.5 Å². The van der Waals surface area contributed by atoms with Crippen molar-refractivity contribution < 1.29 is 5.11 Å². The number of rotatable bonds is 4. The molecule has 0 bridgehead atoms. The summed E-state index contributed by atoms with van der Waals surface area (Å²) in [4.78, 5) is 0. The number of nitrogens with zero attached hydrogens (tertiary/aromatic N) is 1. The Bertz CT molecular complexity index is 534. The van der Waals surface area contributed by atoms with E-state index >= 15 is 0 Å². The first-order valence-electron chi connectivity index (χ1n) is 7.19. The van der Waals surface area contributed by atoms with Crippen LogP contribution in [0.5, 0.6) is 0 Å². The number of aliphatic hydroxyl groups is 1. The van der Waals surface area contributed by atoms with Gasteiger partial charge in [-0.3, -0.25) is 5.43 Å². The van der Waals surface area contributed by atoms with Crippen LogP contribution >= 0.6 is 12.2 Å². The molecule has 0 spiro atoms. The first kappa shape index (κ1) is 15.7. The van der Waals surface area contributed by atoms with Crippen LogP contribution in [0, 0.1) is 0 Å². The molecular weight excluding hydrogens is 282 g/mol. The highest BCUT2D eigenvalue weighted by Gasteiger charge is 2.33. The van der Waals surface area contributed by atoms with Gasteiger partial charge in [-0.15, -0.1) is 0 Å². The predicted molar refractivity (Wildman–Crippen MR) is 90.9 cm³/mol. The van der Waals surface area contributed by atoms with Crippen LogP contribution in [0.4, 0.5) is 0 Å². The first-order valence-corrected chi connectivity index (χ1v) is 7.60. The molecule has 0 aromatic heterocycles.